The van der Waals surface area contributed by atoms with Crippen LogP contribution in [0.3, 0.4) is 0 Å². The van der Waals surface area contributed by atoms with Crippen molar-refractivity contribution in [1.82, 2.24) is 20.5 Å². The van der Waals surface area contributed by atoms with Crippen molar-refractivity contribution in [3.63, 3.8) is 0 Å². The van der Waals surface area contributed by atoms with Crippen LogP contribution >= 0.6 is 11.8 Å². The average Bonchev–Trinajstić information content (AvgIpc) is 3.44. The highest BCUT2D eigenvalue weighted by atomic mass is 32.2. The van der Waals surface area contributed by atoms with E-state index in [4.69, 9.17) is 0 Å². The SMILES string of the molecule is O=C(NCC1CCN(c2ccc(F)cc2)C1)c1ccc(CSc2ncn[nH]2)cc1. The third-order valence-corrected chi connectivity index (χ3v) is 5.96. The van der Waals surface area contributed by atoms with E-state index < -0.39 is 0 Å². The van der Waals surface area contributed by atoms with Gasteiger partial charge < -0.3 is 10.2 Å². The normalized spacial score (nSPS) is 16.2. The van der Waals surface area contributed by atoms with Crippen LogP contribution in [-0.2, 0) is 5.75 Å². The van der Waals surface area contributed by atoms with E-state index in [1.807, 2.05) is 24.3 Å². The van der Waals surface area contributed by atoms with E-state index in [0.29, 0.717) is 18.0 Å². The first-order valence-corrected chi connectivity index (χ1v) is 10.5. The second-order valence-corrected chi connectivity index (χ2v) is 8.03. The molecule has 1 aromatic heterocycles. The quantitative estimate of drug-likeness (QED) is 0.582. The first-order valence-electron chi connectivity index (χ1n) is 9.53. The van der Waals surface area contributed by atoms with E-state index in [1.165, 1.54) is 18.5 Å². The van der Waals surface area contributed by atoms with Gasteiger partial charge in [0.2, 0.25) is 0 Å². The highest BCUT2D eigenvalue weighted by Gasteiger charge is 2.23. The van der Waals surface area contributed by atoms with Crippen molar-refractivity contribution in [2.24, 2.45) is 5.92 Å². The fourth-order valence-corrected chi connectivity index (χ4v) is 4.13. The summed E-state index contributed by atoms with van der Waals surface area (Å²) in [5.74, 6) is 0.874. The van der Waals surface area contributed by atoms with Gasteiger partial charge >= 0.3 is 0 Å². The van der Waals surface area contributed by atoms with Gasteiger partial charge in [-0.25, -0.2) is 9.37 Å². The number of hydrogen-bond donors (Lipinski definition) is 2. The number of H-pyrrole nitrogens is 1. The van der Waals surface area contributed by atoms with Gasteiger partial charge in [-0.15, -0.1) is 0 Å². The maximum absolute atomic E-state index is 13.1. The molecule has 8 heteroatoms. The van der Waals surface area contributed by atoms with E-state index in [-0.39, 0.29) is 11.7 Å². The number of nitrogens with one attached hydrogen (secondary N) is 2. The molecule has 2 aromatic carbocycles. The summed E-state index contributed by atoms with van der Waals surface area (Å²) in [6, 6.07) is 14.2. The van der Waals surface area contributed by atoms with Gasteiger partial charge in [-0.2, -0.15) is 5.10 Å². The molecule has 0 aliphatic carbocycles. The summed E-state index contributed by atoms with van der Waals surface area (Å²) >= 11 is 1.57. The summed E-state index contributed by atoms with van der Waals surface area (Å²) in [5, 5.41) is 10.5. The zero-order chi connectivity index (χ0) is 20.1. The summed E-state index contributed by atoms with van der Waals surface area (Å²) in [6.07, 6.45) is 2.49. The number of aromatic amines is 1. The van der Waals surface area contributed by atoms with Crippen LogP contribution in [0.25, 0.3) is 0 Å². The van der Waals surface area contributed by atoms with Crippen molar-refractivity contribution in [2.45, 2.75) is 17.3 Å². The van der Waals surface area contributed by atoms with Crippen LogP contribution in [0.2, 0.25) is 0 Å². The fraction of sp³-hybridized carbons (Fsp3) is 0.286. The van der Waals surface area contributed by atoms with Crippen LogP contribution < -0.4 is 10.2 Å². The maximum Gasteiger partial charge on any atom is 0.251 e. The highest BCUT2D eigenvalue weighted by molar-refractivity contribution is 7.98. The molecule has 1 fully saturated rings. The monoisotopic (exact) mass is 411 g/mol. The molecule has 2 heterocycles. The molecule has 1 atom stereocenters. The molecular weight excluding hydrogens is 389 g/mol. The summed E-state index contributed by atoms with van der Waals surface area (Å²) in [5.41, 5.74) is 2.81. The zero-order valence-corrected chi connectivity index (χ0v) is 16.7. The van der Waals surface area contributed by atoms with Crippen molar-refractivity contribution < 1.29 is 9.18 Å². The van der Waals surface area contributed by atoms with E-state index in [0.717, 1.165) is 41.7 Å². The number of aromatic nitrogens is 3. The van der Waals surface area contributed by atoms with Crippen LogP contribution in [0.1, 0.15) is 22.3 Å². The number of benzene rings is 2. The minimum Gasteiger partial charge on any atom is -0.371 e. The van der Waals surface area contributed by atoms with Gasteiger partial charge in [0, 0.05) is 36.6 Å². The largest absolute Gasteiger partial charge is 0.371 e. The molecule has 0 spiro atoms. The van der Waals surface area contributed by atoms with Gasteiger partial charge in [0.15, 0.2) is 5.16 Å². The van der Waals surface area contributed by atoms with Crippen LogP contribution in [0.4, 0.5) is 10.1 Å². The minimum atomic E-state index is -0.223. The molecule has 0 radical (unpaired) electrons. The van der Waals surface area contributed by atoms with Crippen LogP contribution in [0.5, 0.6) is 0 Å². The molecule has 4 rings (SSSR count). The van der Waals surface area contributed by atoms with Crippen LogP contribution in [-0.4, -0.2) is 40.7 Å². The predicted molar refractivity (Wildman–Crippen MR) is 111 cm³/mol. The average molecular weight is 412 g/mol. The number of thioether (sulfide) groups is 1. The van der Waals surface area contributed by atoms with Gasteiger partial charge in [-0.05, 0) is 54.3 Å². The van der Waals surface area contributed by atoms with Gasteiger partial charge in [-0.3, -0.25) is 9.89 Å². The molecule has 1 unspecified atom stereocenters. The smallest absolute Gasteiger partial charge is 0.251 e. The van der Waals surface area contributed by atoms with Crippen LogP contribution in [0.15, 0.2) is 60.0 Å². The summed E-state index contributed by atoms with van der Waals surface area (Å²) < 4.78 is 13.1. The van der Waals surface area contributed by atoms with Gasteiger partial charge in [0.25, 0.3) is 5.91 Å². The molecule has 29 heavy (non-hydrogen) atoms. The molecule has 150 valence electrons. The lowest BCUT2D eigenvalue weighted by Gasteiger charge is -2.18. The van der Waals surface area contributed by atoms with E-state index >= 15 is 0 Å². The Morgan fingerprint density at radius 2 is 2.00 bits per heavy atom. The lowest BCUT2D eigenvalue weighted by atomic mass is 10.1. The van der Waals surface area contributed by atoms with Gasteiger partial charge in [0.05, 0.1) is 0 Å². The molecule has 1 amide bonds. The van der Waals surface area contributed by atoms with Crippen molar-refractivity contribution >= 4 is 23.4 Å². The minimum absolute atomic E-state index is 0.0559. The Hall–Kier alpha value is -2.87. The third-order valence-electron chi connectivity index (χ3n) is 5.01. The first kappa shape index (κ1) is 19.4. The van der Waals surface area contributed by atoms with Crippen LogP contribution in [0, 0.1) is 11.7 Å². The molecule has 2 N–H and O–H groups in total. The summed E-state index contributed by atoms with van der Waals surface area (Å²) in [6.45, 7) is 2.42. The first-order chi connectivity index (χ1) is 14.2. The number of anilines is 1. The molecular formula is C21H22FN5OS. The highest BCUT2D eigenvalue weighted by Crippen LogP contribution is 2.24. The number of amides is 1. The molecule has 0 saturated carbocycles. The van der Waals surface area contributed by atoms with Gasteiger partial charge in [0.1, 0.15) is 12.1 Å². The Bertz CT molecular complexity index is 931. The number of hydrogen-bond acceptors (Lipinski definition) is 5. The molecule has 1 aliphatic heterocycles. The van der Waals surface area contributed by atoms with Crippen molar-refractivity contribution in [3.8, 4) is 0 Å². The Kier molecular flexibility index (Phi) is 6.09. The number of carbonyl (C=O) groups excluding carboxylic acids is 1. The number of rotatable bonds is 7. The second kappa shape index (κ2) is 9.09. The topological polar surface area (TPSA) is 73.9 Å². The predicted octanol–water partition coefficient (Wildman–Crippen LogP) is 3.49. The Labute approximate surface area is 172 Å². The zero-order valence-electron chi connectivity index (χ0n) is 15.8. The Morgan fingerprint density at radius 1 is 1.21 bits per heavy atom. The van der Waals surface area contributed by atoms with E-state index in [9.17, 15) is 9.18 Å². The summed E-state index contributed by atoms with van der Waals surface area (Å²) in [7, 11) is 0. The second-order valence-electron chi connectivity index (χ2n) is 7.06. The number of nitrogens with zero attached hydrogens (tertiary/aromatic N) is 3. The molecule has 0 bridgehead atoms. The van der Waals surface area contributed by atoms with Crippen molar-refractivity contribution in [2.75, 3.05) is 24.5 Å². The third kappa shape index (κ3) is 5.14. The Morgan fingerprint density at radius 3 is 2.72 bits per heavy atom. The number of carbonyl (C=O) groups is 1. The van der Waals surface area contributed by atoms with Gasteiger partial charge in [-0.1, -0.05) is 23.9 Å². The maximum atomic E-state index is 13.1. The standard InChI is InChI=1S/C21H22FN5OS/c22-18-5-7-19(8-6-18)27-10-9-16(12-27)11-23-20(28)17-3-1-15(2-4-17)13-29-21-24-14-25-26-21/h1-8,14,16H,9-13H2,(H,23,28)(H,24,25,26). The fourth-order valence-electron chi connectivity index (χ4n) is 3.39. The van der Waals surface area contributed by atoms with E-state index in [1.54, 1.807) is 23.9 Å². The molecule has 6 nitrogen and oxygen atoms in total. The summed E-state index contributed by atoms with van der Waals surface area (Å²) in [4.78, 5) is 18.8. The Balaban J connectivity index is 1.23. The van der Waals surface area contributed by atoms with Crippen molar-refractivity contribution in [3.05, 3.63) is 71.8 Å². The molecule has 1 aliphatic rings. The molecule has 3 aromatic rings. The lowest BCUT2D eigenvalue weighted by Crippen LogP contribution is -2.31. The number of halogens is 1. The lowest BCUT2D eigenvalue weighted by molar-refractivity contribution is 0.0948. The van der Waals surface area contributed by atoms with E-state index in [2.05, 4.69) is 25.4 Å². The molecule has 1 saturated heterocycles. The van der Waals surface area contributed by atoms with Crippen molar-refractivity contribution in [1.29, 1.82) is 0 Å².